The molecule has 1 aromatic rings. The molecular formula is C29H34N2O3. The van der Waals surface area contributed by atoms with E-state index in [0.717, 1.165) is 48.2 Å². The number of methoxy groups -OCH3 is 2. The topological polar surface area (TPSA) is 42.0 Å². The standard InChI is InChI=1S/C29H34N2O3/c1-5-17-30(2)25-13-9-21(10-14-25)24-11-15-26-8-6-7-22(19-29(32)31(26)20-24)23-12-16-27(33-3)28(18-23)34-4/h6-9,11-12,15-16,18-20,25H,5,10,13-14,17H2,1-4H3/b7-6+,22-19+,26-8+. The first-order chi connectivity index (χ1) is 16.5. The second-order valence-corrected chi connectivity index (χ2v) is 8.88. The molecule has 34 heavy (non-hydrogen) atoms. The fraction of sp³-hybridized carbons (Fsp3) is 0.345. The van der Waals surface area contributed by atoms with Crippen molar-refractivity contribution in [2.75, 3.05) is 27.8 Å². The van der Waals surface area contributed by atoms with Crippen LogP contribution in [0.25, 0.3) is 5.57 Å². The van der Waals surface area contributed by atoms with Crippen molar-refractivity contribution in [3.8, 4) is 11.5 Å². The van der Waals surface area contributed by atoms with Gasteiger partial charge in [-0.3, -0.25) is 9.69 Å². The van der Waals surface area contributed by atoms with Crippen molar-refractivity contribution in [2.24, 2.45) is 0 Å². The largest absolute Gasteiger partial charge is 0.493 e. The highest BCUT2D eigenvalue weighted by Gasteiger charge is 2.23. The third-order valence-electron chi connectivity index (χ3n) is 6.71. The molecule has 2 aliphatic heterocycles. The number of allylic oxidation sites excluding steroid dienone is 8. The van der Waals surface area contributed by atoms with E-state index in [2.05, 4.69) is 31.0 Å². The molecule has 0 spiro atoms. The Hall–Kier alpha value is -3.31. The maximum Gasteiger partial charge on any atom is 0.255 e. The van der Waals surface area contributed by atoms with Gasteiger partial charge in [0.25, 0.3) is 5.91 Å². The van der Waals surface area contributed by atoms with Gasteiger partial charge in [0.2, 0.25) is 0 Å². The third kappa shape index (κ3) is 5.10. The zero-order valence-electron chi connectivity index (χ0n) is 20.6. The minimum absolute atomic E-state index is 0.0702. The van der Waals surface area contributed by atoms with Crippen molar-refractivity contribution in [1.82, 2.24) is 9.80 Å². The maximum atomic E-state index is 13.3. The maximum absolute atomic E-state index is 13.3. The van der Waals surface area contributed by atoms with Gasteiger partial charge in [-0.25, -0.2) is 0 Å². The molecule has 4 rings (SSSR count). The van der Waals surface area contributed by atoms with E-state index in [1.807, 2.05) is 48.7 Å². The molecule has 0 fully saturated rings. The van der Waals surface area contributed by atoms with Gasteiger partial charge in [-0.15, -0.1) is 0 Å². The van der Waals surface area contributed by atoms with Gasteiger partial charge in [-0.05, 0) is 85.8 Å². The van der Waals surface area contributed by atoms with Crippen LogP contribution >= 0.6 is 0 Å². The van der Waals surface area contributed by atoms with Crippen LogP contribution in [-0.4, -0.2) is 49.6 Å². The average molecular weight is 459 g/mol. The van der Waals surface area contributed by atoms with Gasteiger partial charge >= 0.3 is 0 Å². The van der Waals surface area contributed by atoms with E-state index in [9.17, 15) is 4.79 Å². The van der Waals surface area contributed by atoms with Gasteiger partial charge in [-0.1, -0.05) is 37.3 Å². The van der Waals surface area contributed by atoms with Crippen LogP contribution in [0.1, 0.15) is 38.2 Å². The third-order valence-corrected chi connectivity index (χ3v) is 6.71. The number of nitrogens with zero attached hydrogens (tertiary/aromatic N) is 2. The van der Waals surface area contributed by atoms with Crippen LogP contribution in [0.3, 0.4) is 0 Å². The quantitative estimate of drug-likeness (QED) is 0.530. The lowest BCUT2D eigenvalue weighted by Crippen LogP contribution is -2.33. The fourth-order valence-corrected chi connectivity index (χ4v) is 4.74. The van der Waals surface area contributed by atoms with Crippen molar-refractivity contribution in [1.29, 1.82) is 0 Å². The highest BCUT2D eigenvalue weighted by atomic mass is 16.5. The second-order valence-electron chi connectivity index (χ2n) is 8.88. The molecule has 1 atom stereocenters. The van der Waals surface area contributed by atoms with E-state index in [1.54, 1.807) is 25.2 Å². The summed E-state index contributed by atoms with van der Waals surface area (Å²) < 4.78 is 10.8. The van der Waals surface area contributed by atoms with E-state index in [0.29, 0.717) is 17.5 Å². The molecule has 178 valence electrons. The fourth-order valence-electron chi connectivity index (χ4n) is 4.74. The molecule has 2 heterocycles. The number of amides is 1. The summed E-state index contributed by atoms with van der Waals surface area (Å²) in [6.45, 7) is 3.36. The molecule has 1 unspecified atom stereocenters. The summed E-state index contributed by atoms with van der Waals surface area (Å²) in [5, 5.41) is 0. The number of fused-ring (bicyclic) bond motifs is 1. The van der Waals surface area contributed by atoms with Crippen molar-refractivity contribution in [3.63, 3.8) is 0 Å². The minimum Gasteiger partial charge on any atom is -0.493 e. The number of hydrogen-bond acceptors (Lipinski definition) is 4. The lowest BCUT2D eigenvalue weighted by Gasteiger charge is -2.32. The summed E-state index contributed by atoms with van der Waals surface area (Å²) in [6.07, 6.45) is 20.5. The molecule has 0 aromatic heterocycles. The number of hydrogen-bond donors (Lipinski definition) is 0. The van der Waals surface area contributed by atoms with E-state index in [-0.39, 0.29) is 5.91 Å². The smallest absolute Gasteiger partial charge is 0.255 e. The Morgan fingerprint density at radius 2 is 1.91 bits per heavy atom. The number of benzene rings is 1. The molecular weight excluding hydrogens is 424 g/mol. The van der Waals surface area contributed by atoms with Gasteiger partial charge in [0, 0.05) is 24.0 Å². The predicted molar refractivity (Wildman–Crippen MR) is 137 cm³/mol. The number of rotatable bonds is 7. The van der Waals surface area contributed by atoms with Crippen molar-refractivity contribution in [3.05, 3.63) is 89.3 Å². The first-order valence-electron chi connectivity index (χ1n) is 12.0. The monoisotopic (exact) mass is 458 g/mol. The molecule has 0 N–H and O–H groups in total. The van der Waals surface area contributed by atoms with Crippen LogP contribution in [0.15, 0.2) is 83.8 Å². The highest BCUT2D eigenvalue weighted by molar-refractivity contribution is 6.00. The molecule has 1 aromatic carbocycles. The van der Waals surface area contributed by atoms with Crippen LogP contribution in [-0.2, 0) is 4.79 Å². The lowest BCUT2D eigenvalue weighted by atomic mass is 9.89. The Morgan fingerprint density at radius 1 is 1.09 bits per heavy atom. The van der Waals surface area contributed by atoms with E-state index in [4.69, 9.17) is 9.47 Å². The summed E-state index contributed by atoms with van der Waals surface area (Å²) in [5.74, 6) is 1.22. The van der Waals surface area contributed by atoms with Crippen LogP contribution < -0.4 is 9.47 Å². The second kappa shape index (κ2) is 10.7. The number of carbonyl (C=O) groups excluding carboxylic acids is 1. The average Bonchev–Trinajstić information content (AvgIpc) is 2.86. The summed E-state index contributed by atoms with van der Waals surface area (Å²) in [5.41, 5.74) is 5.03. The van der Waals surface area contributed by atoms with Gasteiger partial charge in [-0.2, -0.15) is 0 Å². The van der Waals surface area contributed by atoms with E-state index in [1.165, 1.54) is 12.0 Å². The zero-order chi connectivity index (χ0) is 24.1. The predicted octanol–water partition coefficient (Wildman–Crippen LogP) is 5.64. The SMILES string of the molecule is CCCN(C)C1CC=C(C2=CN3C(=O)\C=C(c4ccc(OC)c(OC)c4)/C=C/C=C/3C=C2)CC1. The summed E-state index contributed by atoms with van der Waals surface area (Å²) in [7, 11) is 5.45. The molecule has 0 radical (unpaired) electrons. The zero-order valence-corrected chi connectivity index (χ0v) is 20.6. The van der Waals surface area contributed by atoms with Crippen LogP contribution in [0.4, 0.5) is 0 Å². The first kappa shape index (κ1) is 23.8. The first-order valence-corrected chi connectivity index (χ1v) is 12.0. The molecule has 1 aliphatic carbocycles. The van der Waals surface area contributed by atoms with Crippen LogP contribution in [0.5, 0.6) is 11.5 Å². The number of ether oxygens (including phenoxy) is 2. The Balaban J connectivity index is 1.57. The molecule has 3 aliphatic rings. The minimum atomic E-state index is -0.0702. The highest BCUT2D eigenvalue weighted by Crippen LogP contribution is 2.33. The molecule has 1 amide bonds. The Labute approximate surface area is 203 Å². The van der Waals surface area contributed by atoms with Crippen LogP contribution in [0, 0.1) is 0 Å². The molecule has 5 nitrogen and oxygen atoms in total. The van der Waals surface area contributed by atoms with Crippen molar-refractivity contribution < 1.29 is 14.3 Å². The van der Waals surface area contributed by atoms with Gasteiger partial charge < -0.3 is 14.4 Å². The molecule has 0 bridgehead atoms. The Kier molecular flexibility index (Phi) is 7.53. The molecule has 0 saturated carbocycles. The van der Waals surface area contributed by atoms with Gasteiger partial charge in [0.15, 0.2) is 11.5 Å². The summed E-state index contributed by atoms with van der Waals surface area (Å²) >= 11 is 0. The normalized spacial score (nSPS) is 24.1. The van der Waals surface area contributed by atoms with E-state index < -0.39 is 0 Å². The molecule has 5 heteroatoms. The lowest BCUT2D eigenvalue weighted by molar-refractivity contribution is -0.122. The summed E-state index contributed by atoms with van der Waals surface area (Å²) in [4.78, 5) is 17.5. The Bertz CT molecular complexity index is 1120. The van der Waals surface area contributed by atoms with Gasteiger partial charge in [0.1, 0.15) is 0 Å². The van der Waals surface area contributed by atoms with Gasteiger partial charge in [0.05, 0.1) is 14.2 Å². The number of carbonyl (C=O) groups is 1. The van der Waals surface area contributed by atoms with E-state index >= 15 is 0 Å². The molecule has 0 saturated heterocycles. The Morgan fingerprint density at radius 3 is 2.62 bits per heavy atom. The van der Waals surface area contributed by atoms with Crippen molar-refractivity contribution >= 4 is 11.5 Å². The van der Waals surface area contributed by atoms with Crippen molar-refractivity contribution in [2.45, 2.75) is 38.6 Å². The summed E-state index contributed by atoms with van der Waals surface area (Å²) in [6, 6.07) is 6.29. The van der Waals surface area contributed by atoms with Crippen LogP contribution in [0.2, 0.25) is 0 Å².